The number of aromatic nitrogens is 2. The first kappa shape index (κ1) is 31.7. The third-order valence-corrected chi connectivity index (χ3v) is 11.7. The Labute approximate surface area is 329 Å². The van der Waals surface area contributed by atoms with Crippen molar-refractivity contribution in [2.24, 2.45) is 0 Å². The second-order valence-corrected chi connectivity index (χ2v) is 14.9. The van der Waals surface area contributed by atoms with Crippen LogP contribution in [0.1, 0.15) is 0 Å². The molecule has 0 N–H and O–H groups in total. The van der Waals surface area contributed by atoms with Crippen LogP contribution in [0.3, 0.4) is 0 Å². The molecule has 0 atom stereocenters. The number of rotatable bonds is 5. The molecule has 0 radical (unpaired) electrons. The van der Waals surface area contributed by atoms with Gasteiger partial charge in [0.25, 0.3) is 0 Å². The molecule has 0 spiro atoms. The van der Waals surface area contributed by atoms with Crippen LogP contribution in [0.15, 0.2) is 206 Å². The number of benzene rings is 9. The lowest BCUT2D eigenvalue weighted by molar-refractivity contribution is 0.476. The van der Waals surface area contributed by atoms with Gasteiger partial charge in [0.05, 0.1) is 33.4 Å². The molecule has 11 aromatic rings. The van der Waals surface area contributed by atoms with Gasteiger partial charge in [-0.2, -0.15) is 0 Å². The Morgan fingerprint density at radius 3 is 1.56 bits per heavy atom. The Hall–Kier alpha value is -7.62. The number of nitrogens with zero attached hydrogens (tertiary/aromatic N) is 2. The van der Waals surface area contributed by atoms with E-state index < -0.39 is 0 Å². The molecule has 0 fully saturated rings. The summed E-state index contributed by atoms with van der Waals surface area (Å²) < 4.78 is 11.4. The van der Waals surface area contributed by atoms with Crippen molar-refractivity contribution >= 4 is 43.6 Å². The minimum absolute atomic E-state index is 0.855. The van der Waals surface area contributed by atoms with Crippen LogP contribution < -0.4 is 4.74 Å². The lowest BCUT2D eigenvalue weighted by atomic mass is 9.93. The highest BCUT2D eigenvalue weighted by Crippen LogP contribution is 2.47. The van der Waals surface area contributed by atoms with Crippen LogP contribution in [-0.4, -0.2) is 9.13 Å². The third-order valence-electron chi connectivity index (χ3n) is 11.7. The maximum atomic E-state index is 6.58. The van der Waals surface area contributed by atoms with Crippen molar-refractivity contribution in [2.75, 3.05) is 0 Å². The van der Waals surface area contributed by atoms with E-state index in [1.807, 2.05) is 0 Å². The van der Waals surface area contributed by atoms with Crippen molar-refractivity contribution in [3.63, 3.8) is 0 Å². The van der Waals surface area contributed by atoms with Gasteiger partial charge in [-0.3, -0.25) is 0 Å². The summed E-state index contributed by atoms with van der Waals surface area (Å²) in [5.74, 6) is 1.74. The maximum absolute atomic E-state index is 6.58. The van der Waals surface area contributed by atoms with Gasteiger partial charge >= 0.3 is 0 Å². The van der Waals surface area contributed by atoms with E-state index in [2.05, 4.69) is 215 Å². The van der Waals surface area contributed by atoms with Crippen LogP contribution in [0.4, 0.5) is 0 Å². The lowest BCUT2D eigenvalue weighted by Crippen LogP contribution is -2.04. The molecule has 1 aliphatic rings. The van der Waals surface area contributed by atoms with Gasteiger partial charge in [0.1, 0.15) is 0 Å². The smallest absolute Gasteiger partial charge is 0.152 e. The van der Waals surface area contributed by atoms with Crippen molar-refractivity contribution in [3.05, 3.63) is 206 Å². The topological polar surface area (TPSA) is 19.1 Å². The van der Waals surface area contributed by atoms with Gasteiger partial charge in [-0.25, -0.2) is 0 Å². The van der Waals surface area contributed by atoms with Crippen LogP contribution in [0, 0.1) is 0 Å². The first-order chi connectivity index (χ1) is 28.3. The third kappa shape index (κ3) is 4.86. The molecule has 0 amide bonds. The van der Waals surface area contributed by atoms with Crippen LogP contribution >= 0.6 is 0 Å². The second kappa shape index (κ2) is 12.5. The Bertz CT molecular complexity index is 3270. The first-order valence-corrected chi connectivity index (χ1v) is 19.5. The highest BCUT2D eigenvalue weighted by Gasteiger charge is 2.25. The summed E-state index contributed by atoms with van der Waals surface area (Å²) in [7, 11) is 0. The molecule has 3 heteroatoms. The van der Waals surface area contributed by atoms with E-state index in [-0.39, 0.29) is 0 Å². The average molecular weight is 727 g/mol. The fourth-order valence-corrected chi connectivity index (χ4v) is 9.15. The summed E-state index contributed by atoms with van der Waals surface area (Å²) >= 11 is 0. The fraction of sp³-hybridized carbons (Fsp3) is 0. The van der Waals surface area contributed by atoms with E-state index in [0.29, 0.717) is 0 Å². The van der Waals surface area contributed by atoms with Gasteiger partial charge < -0.3 is 13.9 Å². The SMILES string of the molecule is c1ccc(-c2ccc3c(c2)c2cc(-c4ccccc4)ccc2n3-c2ccccc2-c2ccccc2-c2ccc3c(c2)-n2c4ccccc4c4cccc(c42)O3)cc1. The highest BCUT2D eigenvalue weighted by atomic mass is 16.5. The van der Waals surface area contributed by atoms with Crippen LogP contribution in [0.2, 0.25) is 0 Å². The van der Waals surface area contributed by atoms with E-state index in [1.165, 1.54) is 71.5 Å². The summed E-state index contributed by atoms with van der Waals surface area (Å²) in [6.07, 6.45) is 0. The Morgan fingerprint density at radius 2 is 0.842 bits per heavy atom. The molecule has 0 unspecified atom stereocenters. The maximum Gasteiger partial charge on any atom is 0.152 e. The molecule has 266 valence electrons. The summed E-state index contributed by atoms with van der Waals surface area (Å²) in [5, 5.41) is 4.88. The van der Waals surface area contributed by atoms with Crippen molar-refractivity contribution in [1.82, 2.24) is 9.13 Å². The molecule has 0 aliphatic carbocycles. The van der Waals surface area contributed by atoms with E-state index >= 15 is 0 Å². The molecule has 3 nitrogen and oxygen atoms in total. The van der Waals surface area contributed by atoms with Gasteiger partial charge in [-0.05, 0) is 93.5 Å². The van der Waals surface area contributed by atoms with E-state index in [1.54, 1.807) is 0 Å². The summed E-state index contributed by atoms with van der Waals surface area (Å²) in [6, 6.07) is 74.5. The number of hydrogen-bond acceptors (Lipinski definition) is 1. The minimum Gasteiger partial charge on any atom is -0.453 e. The molecule has 2 aromatic heterocycles. The summed E-state index contributed by atoms with van der Waals surface area (Å²) in [4.78, 5) is 0. The van der Waals surface area contributed by atoms with Crippen LogP contribution in [-0.2, 0) is 0 Å². The van der Waals surface area contributed by atoms with E-state index in [9.17, 15) is 0 Å². The normalized spacial score (nSPS) is 12.0. The first-order valence-electron chi connectivity index (χ1n) is 19.5. The summed E-state index contributed by atoms with van der Waals surface area (Å²) in [6.45, 7) is 0. The standard InChI is InChI=1S/C54H34N2O/c1-3-14-35(15-4-1)37-26-29-49-45(32-37)46-33-38(36-16-5-2-6-17-36)27-30-50(46)55(49)47-23-11-9-20-42(47)41-19-8-7-18-40(41)39-28-31-52-51(34-39)56-48-24-12-10-21-43(48)44-22-13-25-53(57-52)54(44)56/h1-34H. The van der Waals surface area contributed by atoms with Gasteiger partial charge in [0.15, 0.2) is 11.5 Å². The molecule has 0 saturated heterocycles. The monoisotopic (exact) mass is 726 g/mol. The quantitative estimate of drug-likeness (QED) is 0.173. The summed E-state index contributed by atoms with van der Waals surface area (Å²) in [5.41, 5.74) is 16.3. The fourth-order valence-electron chi connectivity index (χ4n) is 9.15. The largest absolute Gasteiger partial charge is 0.453 e. The van der Waals surface area contributed by atoms with Gasteiger partial charge in [-0.15, -0.1) is 0 Å². The molecule has 57 heavy (non-hydrogen) atoms. The molecule has 0 saturated carbocycles. The average Bonchev–Trinajstić information content (AvgIpc) is 3.80. The number of ether oxygens (including phenoxy) is 1. The van der Waals surface area contributed by atoms with Gasteiger partial charge in [0.2, 0.25) is 0 Å². The molecule has 12 rings (SSSR count). The number of fused-ring (bicyclic) bond motifs is 8. The Morgan fingerprint density at radius 1 is 0.281 bits per heavy atom. The Balaban J connectivity index is 1.06. The van der Waals surface area contributed by atoms with Gasteiger partial charge in [-0.1, -0.05) is 152 Å². The molecule has 0 bridgehead atoms. The predicted molar refractivity (Wildman–Crippen MR) is 237 cm³/mol. The highest BCUT2D eigenvalue weighted by molar-refractivity contribution is 6.13. The van der Waals surface area contributed by atoms with Crippen molar-refractivity contribution in [2.45, 2.75) is 0 Å². The van der Waals surface area contributed by atoms with Crippen molar-refractivity contribution < 1.29 is 4.74 Å². The zero-order valence-corrected chi connectivity index (χ0v) is 30.9. The van der Waals surface area contributed by atoms with E-state index in [0.717, 1.165) is 39.5 Å². The zero-order valence-electron chi connectivity index (χ0n) is 30.9. The van der Waals surface area contributed by atoms with Crippen molar-refractivity contribution in [3.8, 4) is 67.4 Å². The molecule has 1 aliphatic heterocycles. The number of para-hydroxylation sites is 3. The van der Waals surface area contributed by atoms with Crippen LogP contribution in [0.5, 0.6) is 11.5 Å². The van der Waals surface area contributed by atoms with Crippen LogP contribution in [0.25, 0.3) is 99.5 Å². The Kier molecular flexibility index (Phi) is 6.93. The molecule has 9 aromatic carbocycles. The minimum atomic E-state index is 0.855. The molecular weight excluding hydrogens is 693 g/mol. The van der Waals surface area contributed by atoms with E-state index in [4.69, 9.17) is 4.74 Å². The van der Waals surface area contributed by atoms with Gasteiger partial charge in [0, 0.05) is 27.1 Å². The molecular formula is C54H34N2O. The van der Waals surface area contributed by atoms with Crippen molar-refractivity contribution in [1.29, 1.82) is 0 Å². The molecule has 3 heterocycles. The predicted octanol–water partition coefficient (Wildman–Crippen LogP) is 14.7. The zero-order chi connectivity index (χ0) is 37.5. The lowest BCUT2D eigenvalue weighted by Gasteiger charge is -2.22. The second-order valence-electron chi connectivity index (χ2n) is 14.9. The number of hydrogen-bond donors (Lipinski definition) is 0.